The highest BCUT2D eigenvalue weighted by atomic mass is 16.6. The molecule has 0 aliphatic rings. The van der Waals surface area contributed by atoms with Crippen LogP contribution in [0.5, 0.6) is 0 Å². The molecule has 1 rings (SSSR count). The molecule has 1 amide bonds. The van der Waals surface area contributed by atoms with Crippen molar-refractivity contribution in [3.63, 3.8) is 0 Å². The monoisotopic (exact) mass is 283 g/mol. The quantitative estimate of drug-likeness (QED) is 0.469. The van der Waals surface area contributed by atoms with Crippen LogP contribution in [-0.4, -0.2) is 54.4 Å². The number of hydrogen-bond donors (Lipinski definition) is 3. The van der Waals surface area contributed by atoms with Gasteiger partial charge in [-0.05, 0) is 12.1 Å². The number of benzene rings is 1. The predicted molar refractivity (Wildman–Crippen MR) is 72.9 cm³/mol. The summed E-state index contributed by atoms with van der Waals surface area (Å²) in [5.74, 6) is -0.421. The molecule has 8 heteroatoms. The first-order chi connectivity index (χ1) is 9.54. The van der Waals surface area contributed by atoms with Crippen LogP contribution < -0.4 is 10.2 Å². The van der Waals surface area contributed by atoms with Gasteiger partial charge in [-0.3, -0.25) is 14.9 Å². The van der Waals surface area contributed by atoms with Gasteiger partial charge >= 0.3 is 0 Å². The molecule has 8 nitrogen and oxygen atoms in total. The van der Waals surface area contributed by atoms with Gasteiger partial charge in [0.2, 0.25) is 0 Å². The van der Waals surface area contributed by atoms with Crippen LogP contribution in [0.15, 0.2) is 18.2 Å². The van der Waals surface area contributed by atoms with Crippen LogP contribution in [0.4, 0.5) is 11.4 Å². The van der Waals surface area contributed by atoms with Gasteiger partial charge in [-0.15, -0.1) is 0 Å². The van der Waals surface area contributed by atoms with Gasteiger partial charge in [0.1, 0.15) is 5.69 Å². The minimum absolute atomic E-state index is 0.153. The number of amides is 1. The van der Waals surface area contributed by atoms with E-state index < -0.39 is 10.8 Å². The zero-order valence-corrected chi connectivity index (χ0v) is 11.1. The molecule has 1 aromatic carbocycles. The van der Waals surface area contributed by atoms with Gasteiger partial charge in [-0.2, -0.15) is 0 Å². The number of nitrogens with zero attached hydrogens (tertiary/aromatic N) is 2. The lowest BCUT2D eigenvalue weighted by Crippen LogP contribution is -2.30. The lowest BCUT2D eigenvalue weighted by molar-refractivity contribution is -0.384. The molecule has 0 aliphatic carbocycles. The fourth-order valence-corrected chi connectivity index (χ4v) is 1.82. The maximum absolute atomic E-state index is 11.5. The van der Waals surface area contributed by atoms with Crippen molar-refractivity contribution in [2.24, 2.45) is 0 Å². The molecule has 0 unspecified atom stereocenters. The summed E-state index contributed by atoms with van der Waals surface area (Å²) < 4.78 is 0. The van der Waals surface area contributed by atoms with Crippen molar-refractivity contribution in [1.29, 1.82) is 0 Å². The summed E-state index contributed by atoms with van der Waals surface area (Å²) in [7, 11) is 1.44. The first-order valence-corrected chi connectivity index (χ1v) is 6.02. The van der Waals surface area contributed by atoms with Crippen molar-refractivity contribution in [1.82, 2.24) is 5.32 Å². The summed E-state index contributed by atoms with van der Waals surface area (Å²) in [6.07, 6.45) is 0. The second-order valence-corrected chi connectivity index (χ2v) is 3.97. The number of carbonyl (C=O) groups excluding carboxylic acids is 1. The van der Waals surface area contributed by atoms with Crippen molar-refractivity contribution >= 4 is 17.3 Å². The molecule has 20 heavy (non-hydrogen) atoms. The molecule has 0 aliphatic heterocycles. The Balaban J connectivity index is 3.24. The molecule has 0 spiro atoms. The van der Waals surface area contributed by atoms with Gasteiger partial charge in [-0.1, -0.05) is 0 Å². The second-order valence-electron chi connectivity index (χ2n) is 3.97. The van der Waals surface area contributed by atoms with E-state index in [1.54, 1.807) is 0 Å². The molecule has 110 valence electrons. The molecule has 0 saturated heterocycles. The number of anilines is 1. The molecular formula is C12H17N3O5. The number of nitro benzene ring substituents is 1. The van der Waals surface area contributed by atoms with E-state index in [0.29, 0.717) is 0 Å². The summed E-state index contributed by atoms with van der Waals surface area (Å²) in [4.78, 5) is 23.5. The van der Waals surface area contributed by atoms with Crippen LogP contribution in [0.1, 0.15) is 10.4 Å². The van der Waals surface area contributed by atoms with Gasteiger partial charge in [0.25, 0.3) is 11.6 Å². The molecule has 1 aromatic rings. The van der Waals surface area contributed by atoms with E-state index in [1.807, 2.05) is 0 Å². The summed E-state index contributed by atoms with van der Waals surface area (Å²) in [6, 6.07) is 4.08. The van der Waals surface area contributed by atoms with E-state index >= 15 is 0 Å². The predicted octanol–water partition coefficient (Wildman–Crippen LogP) is -0.255. The smallest absolute Gasteiger partial charge is 0.293 e. The molecular weight excluding hydrogens is 266 g/mol. The zero-order chi connectivity index (χ0) is 15.1. The average molecular weight is 283 g/mol. The van der Waals surface area contributed by atoms with E-state index in [2.05, 4.69) is 5.32 Å². The third kappa shape index (κ3) is 3.65. The fourth-order valence-electron chi connectivity index (χ4n) is 1.82. The van der Waals surface area contributed by atoms with E-state index in [0.717, 1.165) is 0 Å². The Morgan fingerprint density at radius 3 is 2.40 bits per heavy atom. The highest BCUT2D eigenvalue weighted by molar-refractivity contribution is 5.95. The zero-order valence-electron chi connectivity index (χ0n) is 11.1. The molecule has 3 N–H and O–H groups in total. The van der Waals surface area contributed by atoms with Crippen molar-refractivity contribution in [2.45, 2.75) is 0 Å². The number of rotatable bonds is 7. The largest absolute Gasteiger partial charge is 0.395 e. The maximum Gasteiger partial charge on any atom is 0.293 e. The summed E-state index contributed by atoms with van der Waals surface area (Å²) >= 11 is 0. The van der Waals surface area contributed by atoms with Crippen LogP contribution >= 0.6 is 0 Å². The second kappa shape index (κ2) is 7.41. The lowest BCUT2D eigenvalue weighted by atomic mass is 10.1. The number of nitrogens with one attached hydrogen (secondary N) is 1. The standard InChI is InChI=1S/C12H17N3O5/c1-13-12(18)9-2-3-10(11(8-9)15(19)20)14(4-6-16)5-7-17/h2-3,8,16-17H,4-7H2,1H3,(H,13,18). The minimum Gasteiger partial charge on any atom is -0.395 e. The molecule has 0 saturated carbocycles. The van der Waals surface area contributed by atoms with E-state index in [9.17, 15) is 14.9 Å². The van der Waals surface area contributed by atoms with Gasteiger partial charge in [-0.25, -0.2) is 0 Å². The summed E-state index contributed by atoms with van der Waals surface area (Å²) in [5.41, 5.74) is 0.189. The Morgan fingerprint density at radius 1 is 1.35 bits per heavy atom. The molecule has 0 radical (unpaired) electrons. The average Bonchev–Trinajstić information content (AvgIpc) is 2.45. The topological polar surface area (TPSA) is 116 Å². The summed E-state index contributed by atoms with van der Waals surface area (Å²) in [5, 5.41) is 31.5. The summed E-state index contributed by atoms with van der Waals surface area (Å²) in [6.45, 7) is -0.0931. The first-order valence-electron chi connectivity index (χ1n) is 6.02. The van der Waals surface area contributed by atoms with Crippen molar-refractivity contribution in [3.05, 3.63) is 33.9 Å². The van der Waals surface area contributed by atoms with Crippen molar-refractivity contribution < 1.29 is 19.9 Å². The van der Waals surface area contributed by atoms with Gasteiger partial charge in [0, 0.05) is 31.8 Å². The number of hydrogen-bond acceptors (Lipinski definition) is 6. The van der Waals surface area contributed by atoms with E-state index in [1.165, 1.54) is 30.1 Å². The van der Waals surface area contributed by atoms with Crippen LogP contribution in [-0.2, 0) is 0 Å². The first kappa shape index (κ1) is 15.9. The highest BCUT2D eigenvalue weighted by Gasteiger charge is 2.21. The SMILES string of the molecule is CNC(=O)c1ccc(N(CCO)CCO)c([N+](=O)[O-])c1. The van der Waals surface area contributed by atoms with Crippen molar-refractivity contribution in [3.8, 4) is 0 Å². The van der Waals surface area contributed by atoms with Gasteiger partial charge in [0.15, 0.2) is 0 Å². The number of aliphatic hydroxyl groups is 2. The lowest BCUT2D eigenvalue weighted by Gasteiger charge is -2.22. The van der Waals surface area contributed by atoms with Crippen LogP contribution in [0, 0.1) is 10.1 Å². The molecule has 0 atom stereocenters. The Kier molecular flexibility index (Phi) is 5.88. The van der Waals surface area contributed by atoms with Gasteiger partial charge < -0.3 is 20.4 Å². The highest BCUT2D eigenvalue weighted by Crippen LogP contribution is 2.29. The van der Waals surface area contributed by atoms with Crippen LogP contribution in [0.3, 0.4) is 0 Å². The van der Waals surface area contributed by atoms with Crippen LogP contribution in [0.2, 0.25) is 0 Å². The van der Waals surface area contributed by atoms with Gasteiger partial charge in [0.05, 0.1) is 18.1 Å². The Hall–Kier alpha value is -2.19. The van der Waals surface area contributed by atoms with Crippen molar-refractivity contribution in [2.75, 3.05) is 38.3 Å². The minimum atomic E-state index is -0.594. The number of aliphatic hydroxyl groups excluding tert-OH is 2. The van der Waals surface area contributed by atoms with E-state index in [-0.39, 0.29) is 43.2 Å². The Bertz CT molecular complexity index is 486. The van der Waals surface area contributed by atoms with E-state index in [4.69, 9.17) is 10.2 Å². The molecule has 0 heterocycles. The third-order valence-corrected chi connectivity index (χ3v) is 2.74. The Labute approximate surface area is 115 Å². The maximum atomic E-state index is 11.5. The number of carbonyl (C=O) groups is 1. The molecule has 0 fully saturated rings. The molecule has 0 bridgehead atoms. The normalized spacial score (nSPS) is 10.2. The number of nitro groups is 1. The third-order valence-electron chi connectivity index (χ3n) is 2.74. The fraction of sp³-hybridized carbons (Fsp3) is 0.417. The van der Waals surface area contributed by atoms with Crippen LogP contribution in [0.25, 0.3) is 0 Å². The molecule has 0 aromatic heterocycles. The Morgan fingerprint density at radius 2 is 1.95 bits per heavy atom.